The van der Waals surface area contributed by atoms with Crippen molar-refractivity contribution in [1.82, 2.24) is 4.98 Å². The number of pyridine rings is 1. The Bertz CT molecular complexity index is 429. The maximum atomic E-state index is 12.3. The minimum atomic E-state index is -3.00. The molecule has 0 bridgehead atoms. The van der Waals surface area contributed by atoms with Crippen LogP contribution >= 0.6 is 15.9 Å². The molecule has 0 atom stereocenters. The van der Waals surface area contributed by atoms with Crippen molar-refractivity contribution >= 4 is 21.9 Å². The van der Waals surface area contributed by atoms with Gasteiger partial charge in [0.15, 0.2) is 0 Å². The third-order valence-corrected chi connectivity index (χ3v) is 2.07. The lowest BCUT2D eigenvalue weighted by Crippen LogP contribution is -2.14. The van der Waals surface area contributed by atoms with E-state index in [1.54, 1.807) is 0 Å². The number of H-pyrrole nitrogens is 1. The smallest absolute Gasteiger partial charge is 0.338 e. The highest BCUT2D eigenvalue weighted by atomic mass is 79.9. The number of carboxylic acid groups (broad SMARTS) is 1. The summed E-state index contributed by atoms with van der Waals surface area (Å²) in [7, 11) is 0. The lowest BCUT2D eigenvalue weighted by molar-refractivity contribution is 0.0682. The molecule has 76 valence electrons. The number of hydrogen-bond donors (Lipinski definition) is 2. The largest absolute Gasteiger partial charge is 0.478 e. The Morgan fingerprint density at radius 3 is 2.57 bits per heavy atom. The Morgan fingerprint density at radius 2 is 2.14 bits per heavy atom. The van der Waals surface area contributed by atoms with Crippen LogP contribution in [-0.2, 0) is 0 Å². The van der Waals surface area contributed by atoms with Gasteiger partial charge in [0, 0.05) is 11.6 Å². The zero-order valence-electron chi connectivity index (χ0n) is 6.55. The second-order valence-corrected chi connectivity index (χ2v) is 3.18. The highest BCUT2D eigenvalue weighted by Gasteiger charge is 2.21. The van der Waals surface area contributed by atoms with E-state index in [2.05, 4.69) is 20.9 Å². The normalized spacial score (nSPS) is 10.6. The molecule has 1 heterocycles. The lowest BCUT2D eigenvalue weighted by Gasteiger charge is -2.05. The predicted octanol–water partition coefficient (Wildman–Crippen LogP) is 1.77. The summed E-state index contributed by atoms with van der Waals surface area (Å²) in [6.07, 6.45) is -3.00. The summed E-state index contributed by atoms with van der Waals surface area (Å²) >= 11 is 2.70. The van der Waals surface area contributed by atoms with Gasteiger partial charge in [0.05, 0.1) is 10.2 Å². The number of alkyl halides is 2. The number of carboxylic acids is 1. The van der Waals surface area contributed by atoms with Gasteiger partial charge in [0.2, 0.25) is 5.56 Å². The molecule has 0 saturated carbocycles. The molecule has 0 aliphatic rings. The zero-order chi connectivity index (χ0) is 10.9. The average Bonchev–Trinajstić information content (AvgIpc) is 2.01. The fraction of sp³-hybridized carbons (Fsp3) is 0.143. The Morgan fingerprint density at radius 1 is 1.57 bits per heavy atom. The number of rotatable bonds is 2. The van der Waals surface area contributed by atoms with E-state index in [4.69, 9.17) is 5.11 Å². The van der Waals surface area contributed by atoms with Crippen molar-refractivity contribution in [1.29, 1.82) is 0 Å². The molecular weight excluding hydrogens is 264 g/mol. The van der Waals surface area contributed by atoms with Crippen LogP contribution in [0.5, 0.6) is 0 Å². The zero-order valence-corrected chi connectivity index (χ0v) is 8.14. The third kappa shape index (κ3) is 1.98. The minimum absolute atomic E-state index is 0.257. The van der Waals surface area contributed by atoms with Gasteiger partial charge in [-0.05, 0) is 15.9 Å². The van der Waals surface area contributed by atoms with Gasteiger partial charge in [-0.3, -0.25) is 4.79 Å². The summed E-state index contributed by atoms with van der Waals surface area (Å²) in [5.41, 5.74) is -2.20. The Balaban J connectivity index is 3.52. The highest BCUT2D eigenvalue weighted by molar-refractivity contribution is 9.10. The Hall–Kier alpha value is -1.24. The van der Waals surface area contributed by atoms with Gasteiger partial charge in [-0.2, -0.15) is 0 Å². The van der Waals surface area contributed by atoms with Gasteiger partial charge >= 0.3 is 5.97 Å². The van der Waals surface area contributed by atoms with E-state index in [9.17, 15) is 18.4 Å². The fourth-order valence-electron chi connectivity index (χ4n) is 0.936. The van der Waals surface area contributed by atoms with Crippen molar-refractivity contribution in [3.63, 3.8) is 0 Å². The van der Waals surface area contributed by atoms with Gasteiger partial charge in [-0.1, -0.05) is 0 Å². The molecule has 7 heteroatoms. The number of hydrogen-bond acceptors (Lipinski definition) is 2. The average molecular weight is 268 g/mol. The summed E-state index contributed by atoms with van der Waals surface area (Å²) in [4.78, 5) is 23.4. The molecular formula is C7H4BrF2NO3. The number of aromatic carboxylic acids is 1. The molecule has 2 N–H and O–H groups in total. The molecule has 0 spiro atoms. The molecule has 1 aromatic heterocycles. The molecule has 0 saturated heterocycles. The van der Waals surface area contributed by atoms with E-state index in [1.807, 2.05) is 0 Å². The monoisotopic (exact) mass is 267 g/mol. The summed E-state index contributed by atoms with van der Waals surface area (Å²) in [6, 6.07) is 0.568. The van der Waals surface area contributed by atoms with Crippen molar-refractivity contribution in [2.45, 2.75) is 6.43 Å². The van der Waals surface area contributed by atoms with Crippen LogP contribution in [0.2, 0.25) is 0 Å². The molecule has 0 amide bonds. The molecule has 0 unspecified atom stereocenters. The van der Waals surface area contributed by atoms with Crippen LogP contribution < -0.4 is 5.56 Å². The van der Waals surface area contributed by atoms with Crippen molar-refractivity contribution < 1.29 is 18.7 Å². The van der Waals surface area contributed by atoms with E-state index in [0.717, 1.165) is 0 Å². The van der Waals surface area contributed by atoms with Crippen LogP contribution in [0, 0.1) is 0 Å². The van der Waals surface area contributed by atoms with Gasteiger partial charge in [0.25, 0.3) is 6.43 Å². The second-order valence-electron chi connectivity index (χ2n) is 2.38. The topological polar surface area (TPSA) is 70.2 Å². The van der Waals surface area contributed by atoms with E-state index >= 15 is 0 Å². The van der Waals surface area contributed by atoms with E-state index < -0.39 is 29.1 Å². The van der Waals surface area contributed by atoms with Crippen LogP contribution in [0.25, 0.3) is 0 Å². The van der Waals surface area contributed by atoms with Crippen molar-refractivity contribution in [3.8, 4) is 0 Å². The molecule has 0 aliphatic carbocycles. The lowest BCUT2D eigenvalue weighted by atomic mass is 10.1. The first-order chi connectivity index (χ1) is 6.43. The van der Waals surface area contributed by atoms with E-state index in [0.29, 0.717) is 6.07 Å². The summed E-state index contributed by atoms with van der Waals surface area (Å²) < 4.78 is 24.4. The SMILES string of the molecule is O=C(O)c1c(C(F)F)cc(=O)[nH]c1Br. The molecule has 1 aromatic rings. The van der Waals surface area contributed by atoms with Crippen molar-refractivity contribution in [2.24, 2.45) is 0 Å². The molecule has 14 heavy (non-hydrogen) atoms. The molecule has 0 aromatic carbocycles. The Kier molecular flexibility index (Phi) is 3.00. The van der Waals surface area contributed by atoms with Gasteiger partial charge in [-0.25, -0.2) is 13.6 Å². The number of carbonyl (C=O) groups is 1. The first kappa shape index (κ1) is 10.8. The molecule has 1 rings (SSSR count). The molecule has 0 fully saturated rings. The summed E-state index contributed by atoms with van der Waals surface area (Å²) in [6.45, 7) is 0. The van der Waals surface area contributed by atoms with Crippen LogP contribution in [-0.4, -0.2) is 16.1 Å². The van der Waals surface area contributed by atoms with Crippen LogP contribution in [0.4, 0.5) is 8.78 Å². The quantitative estimate of drug-likeness (QED) is 0.803. The number of nitrogens with one attached hydrogen (secondary N) is 1. The standard InChI is InChI=1S/C7H4BrF2NO3/c8-5-4(7(13)14)2(6(9)10)1-3(12)11-5/h1,6H,(H,11,12)(H,13,14). The first-order valence-electron chi connectivity index (χ1n) is 3.37. The first-order valence-corrected chi connectivity index (χ1v) is 4.17. The summed E-state index contributed by atoms with van der Waals surface area (Å²) in [5.74, 6) is -1.52. The van der Waals surface area contributed by atoms with Crippen LogP contribution in [0.15, 0.2) is 15.5 Å². The minimum Gasteiger partial charge on any atom is -0.478 e. The predicted molar refractivity (Wildman–Crippen MR) is 46.7 cm³/mol. The van der Waals surface area contributed by atoms with Crippen LogP contribution in [0.1, 0.15) is 22.3 Å². The van der Waals surface area contributed by atoms with Crippen LogP contribution in [0.3, 0.4) is 0 Å². The Labute approximate surface area is 84.7 Å². The molecule has 4 nitrogen and oxygen atoms in total. The number of aromatic nitrogens is 1. The van der Waals surface area contributed by atoms with Gasteiger partial charge in [-0.15, -0.1) is 0 Å². The summed E-state index contributed by atoms with van der Waals surface area (Å²) in [5, 5.41) is 8.60. The fourth-order valence-corrected chi connectivity index (χ4v) is 1.53. The maximum Gasteiger partial charge on any atom is 0.338 e. The highest BCUT2D eigenvalue weighted by Crippen LogP contribution is 2.25. The third-order valence-electron chi connectivity index (χ3n) is 1.48. The number of halogens is 3. The van der Waals surface area contributed by atoms with E-state index in [-0.39, 0.29) is 4.60 Å². The van der Waals surface area contributed by atoms with E-state index in [1.165, 1.54) is 0 Å². The van der Waals surface area contributed by atoms with Gasteiger partial charge in [0.1, 0.15) is 0 Å². The molecule has 0 radical (unpaired) electrons. The van der Waals surface area contributed by atoms with Gasteiger partial charge < -0.3 is 10.1 Å². The number of aromatic amines is 1. The maximum absolute atomic E-state index is 12.3. The van der Waals surface area contributed by atoms with Crippen molar-refractivity contribution in [3.05, 3.63) is 32.2 Å². The molecule has 0 aliphatic heterocycles. The second kappa shape index (κ2) is 3.87. The van der Waals surface area contributed by atoms with Crippen molar-refractivity contribution in [2.75, 3.05) is 0 Å².